The molecule has 0 amide bonds. The van der Waals surface area contributed by atoms with Gasteiger partial charge in [0.25, 0.3) is 0 Å². The molecule has 0 unspecified atom stereocenters. The Kier molecular flexibility index (Phi) is 4.84. The van der Waals surface area contributed by atoms with E-state index in [4.69, 9.17) is 0 Å². The summed E-state index contributed by atoms with van der Waals surface area (Å²) in [5.41, 5.74) is 0.507. The summed E-state index contributed by atoms with van der Waals surface area (Å²) in [6, 6.07) is 0.596. The van der Waals surface area contributed by atoms with Crippen molar-refractivity contribution in [2.45, 2.75) is 58.9 Å². The summed E-state index contributed by atoms with van der Waals surface area (Å²) in [4.78, 5) is 11.3. The Bertz CT molecular complexity index is 420. The van der Waals surface area contributed by atoms with Crippen LogP contribution in [0.1, 0.15) is 52.9 Å². The van der Waals surface area contributed by atoms with Gasteiger partial charge in [0.15, 0.2) is 0 Å². The molecule has 0 radical (unpaired) electrons. The Labute approximate surface area is 123 Å². The monoisotopic (exact) mass is 276 g/mol. The zero-order valence-corrected chi connectivity index (χ0v) is 13.3. The molecule has 2 rings (SSSR count). The van der Waals surface area contributed by atoms with Crippen molar-refractivity contribution in [2.75, 3.05) is 23.8 Å². The van der Waals surface area contributed by atoms with Gasteiger partial charge in [-0.05, 0) is 37.5 Å². The van der Waals surface area contributed by atoms with Crippen LogP contribution in [-0.2, 0) is 0 Å². The number of nitrogens with zero attached hydrogens (tertiary/aromatic N) is 3. The number of aromatic nitrogens is 2. The Morgan fingerprint density at radius 1 is 1.30 bits per heavy atom. The van der Waals surface area contributed by atoms with Crippen LogP contribution >= 0.6 is 0 Å². The molecule has 4 nitrogen and oxygen atoms in total. The predicted molar refractivity (Wildman–Crippen MR) is 85.3 cm³/mol. The summed E-state index contributed by atoms with van der Waals surface area (Å²) in [5, 5.41) is 3.31. The van der Waals surface area contributed by atoms with Crippen molar-refractivity contribution < 1.29 is 0 Å². The van der Waals surface area contributed by atoms with Crippen LogP contribution in [-0.4, -0.2) is 29.6 Å². The highest BCUT2D eigenvalue weighted by atomic mass is 15.2. The molecule has 112 valence electrons. The molecule has 1 aliphatic rings. The summed E-state index contributed by atoms with van der Waals surface area (Å²) < 4.78 is 0. The first-order chi connectivity index (χ1) is 9.52. The molecule has 0 atom stereocenters. The lowest BCUT2D eigenvalue weighted by Gasteiger charge is -2.39. The molecule has 0 bridgehead atoms. The van der Waals surface area contributed by atoms with Crippen molar-refractivity contribution >= 4 is 11.6 Å². The first-order valence-corrected chi connectivity index (χ1v) is 7.80. The summed E-state index contributed by atoms with van der Waals surface area (Å²) in [5.74, 6) is 1.86. The highest BCUT2D eigenvalue weighted by Gasteiger charge is 2.29. The van der Waals surface area contributed by atoms with Crippen LogP contribution < -0.4 is 10.2 Å². The van der Waals surface area contributed by atoms with Gasteiger partial charge in [-0.3, -0.25) is 4.98 Å². The largest absolute Gasteiger partial charge is 0.369 e. The molecular formula is C16H28N4. The van der Waals surface area contributed by atoms with Crippen molar-refractivity contribution in [1.29, 1.82) is 0 Å². The molecule has 1 fully saturated rings. The molecule has 20 heavy (non-hydrogen) atoms. The van der Waals surface area contributed by atoms with Gasteiger partial charge in [-0.15, -0.1) is 0 Å². The Morgan fingerprint density at radius 2 is 2.00 bits per heavy atom. The molecule has 0 aliphatic heterocycles. The minimum atomic E-state index is 0.507. The SMILES string of the molecule is CCCNc1cncc(N(C)C2CCC(C)(C)CC2)n1. The topological polar surface area (TPSA) is 41.1 Å². The van der Waals surface area contributed by atoms with Gasteiger partial charge in [-0.25, -0.2) is 4.98 Å². The average molecular weight is 276 g/mol. The molecular weight excluding hydrogens is 248 g/mol. The van der Waals surface area contributed by atoms with Crippen molar-refractivity contribution in [3.8, 4) is 0 Å². The van der Waals surface area contributed by atoms with E-state index in [1.54, 1.807) is 6.20 Å². The van der Waals surface area contributed by atoms with Gasteiger partial charge in [0, 0.05) is 19.6 Å². The van der Waals surface area contributed by atoms with Crippen LogP contribution in [0, 0.1) is 5.41 Å². The maximum absolute atomic E-state index is 4.67. The molecule has 0 aromatic carbocycles. The van der Waals surface area contributed by atoms with E-state index in [2.05, 4.69) is 48.0 Å². The van der Waals surface area contributed by atoms with Gasteiger partial charge < -0.3 is 10.2 Å². The fraction of sp³-hybridized carbons (Fsp3) is 0.750. The molecule has 1 saturated carbocycles. The second-order valence-electron chi connectivity index (χ2n) is 6.70. The Morgan fingerprint density at radius 3 is 2.65 bits per heavy atom. The number of hydrogen-bond donors (Lipinski definition) is 1. The van der Waals surface area contributed by atoms with Gasteiger partial charge in [-0.2, -0.15) is 0 Å². The van der Waals surface area contributed by atoms with Gasteiger partial charge in [0.2, 0.25) is 0 Å². The first-order valence-electron chi connectivity index (χ1n) is 7.80. The van der Waals surface area contributed by atoms with Crippen molar-refractivity contribution in [3.05, 3.63) is 12.4 Å². The maximum Gasteiger partial charge on any atom is 0.149 e. The minimum Gasteiger partial charge on any atom is -0.369 e. The van der Waals surface area contributed by atoms with Crippen LogP contribution in [0.15, 0.2) is 12.4 Å². The fourth-order valence-electron chi connectivity index (χ4n) is 2.82. The summed E-state index contributed by atoms with van der Waals surface area (Å²) in [6.07, 6.45) is 9.86. The molecule has 0 saturated heterocycles. The van der Waals surface area contributed by atoms with E-state index in [-0.39, 0.29) is 0 Å². The summed E-state index contributed by atoms with van der Waals surface area (Å²) in [6.45, 7) is 7.84. The second-order valence-corrected chi connectivity index (χ2v) is 6.70. The van der Waals surface area contributed by atoms with Crippen molar-refractivity contribution in [3.63, 3.8) is 0 Å². The highest BCUT2D eigenvalue weighted by Crippen LogP contribution is 2.37. The highest BCUT2D eigenvalue weighted by molar-refractivity contribution is 5.44. The lowest BCUT2D eigenvalue weighted by Crippen LogP contribution is -2.37. The Hall–Kier alpha value is -1.32. The summed E-state index contributed by atoms with van der Waals surface area (Å²) >= 11 is 0. The zero-order valence-electron chi connectivity index (χ0n) is 13.3. The number of anilines is 2. The van der Waals surface area contributed by atoms with Crippen LogP contribution in [0.5, 0.6) is 0 Å². The third-order valence-corrected chi connectivity index (χ3v) is 4.40. The smallest absolute Gasteiger partial charge is 0.149 e. The second kappa shape index (κ2) is 6.42. The van der Waals surface area contributed by atoms with Gasteiger partial charge >= 0.3 is 0 Å². The average Bonchev–Trinajstić information content (AvgIpc) is 2.45. The van der Waals surface area contributed by atoms with E-state index in [0.29, 0.717) is 11.5 Å². The van der Waals surface area contributed by atoms with E-state index in [9.17, 15) is 0 Å². The third kappa shape index (κ3) is 3.84. The molecule has 1 heterocycles. The number of rotatable bonds is 5. The molecule has 4 heteroatoms. The molecule has 1 aliphatic carbocycles. The van der Waals surface area contributed by atoms with Crippen LogP contribution in [0.3, 0.4) is 0 Å². The van der Waals surface area contributed by atoms with E-state index >= 15 is 0 Å². The lowest BCUT2D eigenvalue weighted by molar-refractivity contribution is 0.222. The van der Waals surface area contributed by atoms with Crippen LogP contribution in [0.4, 0.5) is 11.6 Å². The third-order valence-electron chi connectivity index (χ3n) is 4.40. The molecule has 0 spiro atoms. The van der Waals surface area contributed by atoms with Gasteiger partial charge in [0.1, 0.15) is 11.6 Å². The van der Waals surface area contributed by atoms with Crippen molar-refractivity contribution in [1.82, 2.24) is 9.97 Å². The quantitative estimate of drug-likeness (QED) is 0.890. The standard InChI is InChI=1S/C16H28N4/c1-5-10-18-14-11-17-12-15(19-14)20(4)13-6-8-16(2,3)9-7-13/h11-13H,5-10H2,1-4H3,(H,18,19). The van der Waals surface area contributed by atoms with Crippen LogP contribution in [0.2, 0.25) is 0 Å². The number of nitrogens with one attached hydrogen (secondary N) is 1. The fourth-order valence-corrected chi connectivity index (χ4v) is 2.82. The van der Waals surface area contributed by atoms with Crippen LogP contribution in [0.25, 0.3) is 0 Å². The van der Waals surface area contributed by atoms with Crippen molar-refractivity contribution in [2.24, 2.45) is 5.41 Å². The Balaban J connectivity index is 2.00. The van der Waals surface area contributed by atoms with E-state index < -0.39 is 0 Å². The normalized spacial score (nSPS) is 18.8. The molecule has 1 N–H and O–H groups in total. The lowest BCUT2D eigenvalue weighted by atomic mass is 9.75. The van der Waals surface area contributed by atoms with Gasteiger partial charge in [0.05, 0.1) is 12.4 Å². The first kappa shape index (κ1) is 15.1. The summed E-state index contributed by atoms with van der Waals surface area (Å²) in [7, 11) is 2.15. The predicted octanol–water partition coefficient (Wildman–Crippen LogP) is 3.70. The minimum absolute atomic E-state index is 0.507. The molecule has 1 aromatic rings. The van der Waals surface area contributed by atoms with E-state index in [1.807, 2.05) is 6.20 Å². The molecule has 1 aromatic heterocycles. The van der Waals surface area contributed by atoms with E-state index in [1.165, 1.54) is 25.7 Å². The zero-order chi connectivity index (χ0) is 14.6. The van der Waals surface area contributed by atoms with Gasteiger partial charge in [-0.1, -0.05) is 20.8 Å². The number of hydrogen-bond acceptors (Lipinski definition) is 4. The maximum atomic E-state index is 4.67. The van der Waals surface area contributed by atoms with E-state index in [0.717, 1.165) is 24.6 Å².